The van der Waals surface area contributed by atoms with Crippen molar-refractivity contribution in [2.75, 3.05) is 5.32 Å². The molecule has 0 fully saturated rings. The highest BCUT2D eigenvalue weighted by Gasteiger charge is 2.26. The van der Waals surface area contributed by atoms with E-state index in [0.29, 0.717) is 18.4 Å². The molecule has 0 atom stereocenters. The zero-order valence-electron chi connectivity index (χ0n) is 15.0. The molecule has 1 aliphatic carbocycles. The molecule has 0 spiro atoms. The number of carbonyl (C=O) groups is 2. The Kier molecular flexibility index (Phi) is 4.91. The van der Waals surface area contributed by atoms with E-state index in [0.717, 1.165) is 52.7 Å². The molecule has 6 heteroatoms. The lowest BCUT2D eigenvalue weighted by atomic mass is 9.98. The van der Waals surface area contributed by atoms with Crippen molar-refractivity contribution in [3.8, 4) is 0 Å². The molecule has 1 aliphatic heterocycles. The summed E-state index contributed by atoms with van der Waals surface area (Å²) in [6, 6.07) is 5.77. The van der Waals surface area contributed by atoms with Crippen LogP contribution in [0.5, 0.6) is 0 Å². The Balaban J connectivity index is 1.80. The number of hydrogen-bond acceptors (Lipinski definition) is 2. The number of nitrogens with one attached hydrogen (secondary N) is 2. The number of rotatable bonds is 4. The summed E-state index contributed by atoms with van der Waals surface area (Å²) in [7, 11) is 0. The van der Waals surface area contributed by atoms with Gasteiger partial charge in [-0.3, -0.25) is 9.59 Å². The van der Waals surface area contributed by atoms with Crippen molar-refractivity contribution in [3.05, 3.63) is 50.8 Å². The smallest absolute Gasteiger partial charge is 0.256 e. The van der Waals surface area contributed by atoms with E-state index in [2.05, 4.69) is 26.2 Å². The van der Waals surface area contributed by atoms with Gasteiger partial charge in [0.25, 0.3) is 5.91 Å². The topological polar surface area (TPSA) is 88.0 Å². The minimum atomic E-state index is -0.301. The van der Waals surface area contributed by atoms with E-state index in [1.165, 1.54) is 17.7 Å². The second-order valence-electron chi connectivity index (χ2n) is 7.20. The van der Waals surface area contributed by atoms with Crippen molar-refractivity contribution >= 4 is 45.1 Å². The maximum atomic E-state index is 12.5. The summed E-state index contributed by atoms with van der Waals surface area (Å²) in [5.74, 6) is -0.404. The number of H-pyrrole nitrogens is 1. The predicted molar refractivity (Wildman–Crippen MR) is 110 cm³/mol. The van der Waals surface area contributed by atoms with Crippen molar-refractivity contribution in [1.29, 1.82) is 0 Å². The summed E-state index contributed by atoms with van der Waals surface area (Å²) in [6.45, 7) is 0. The molecule has 140 valence electrons. The second-order valence-corrected chi connectivity index (χ2v) is 8.12. The fourth-order valence-corrected chi connectivity index (χ4v) is 4.42. The number of halogens is 1. The van der Waals surface area contributed by atoms with E-state index in [9.17, 15) is 9.59 Å². The maximum Gasteiger partial charge on any atom is 0.256 e. The largest absolute Gasteiger partial charge is 0.370 e. The minimum Gasteiger partial charge on any atom is -0.370 e. The number of fused-ring (bicyclic) bond motifs is 2. The van der Waals surface area contributed by atoms with Gasteiger partial charge < -0.3 is 16.0 Å². The molecule has 0 saturated heterocycles. The molecular formula is C21H22BrN3O2. The van der Waals surface area contributed by atoms with Crippen molar-refractivity contribution in [2.45, 2.75) is 44.9 Å². The molecule has 4 rings (SSSR count). The molecule has 27 heavy (non-hydrogen) atoms. The summed E-state index contributed by atoms with van der Waals surface area (Å²) in [5, 5.41) is 2.92. The van der Waals surface area contributed by atoms with Gasteiger partial charge in [-0.05, 0) is 67.5 Å². The fourth-order valence-electron chi connectivity index (χ4n) is 4.06. The van der Waals surface area contributed by atoms with Gasteiger partial charge in [-0.15, -0.1) is 0 Å². The number of benzene rings is 1. The van der Waals surface area contributed by atoms with Crippen molar-refractivity contribution in [2.24, 2.45) is 5.73 Å². The first kappa shape index (κ1) is 18.0. The molecule has 2 amide bonds. The van der Waals surface area contributed by atoms with Gasteiger partial charge >= 0.3 is 0 Å². The predicted octanol–water partition coefficient (Wildman–Crippen LogP) is 3.96. The molecule has 2 aromatic rings. The van der Waals surface area contributed by atoms with Gasteiger partial charge in [0.15, 0.2) is 0 Å². The number of carbonyl (C=O) groups excluding carboxylic acids is 2. The number of nitrogens with two attached hydrogens (primary N) is 1. The van der Waals surface area contributed by atoms with E-state index < -0.39 is 0 Å². The molecule has 0 radical (unpaired) electrons. The number of hydrogen-bond donors (Lipinski definition) is 3. The van der Waals surface area contributed by atoms with Gasteiger partial charge in [0, 0.05) is 33.5 Å². The first-order valence-corrected chi connectivity index (χ1v) is 10.2. The van der Waals surface area contributed by atoms with E-state index in [1.807, 2.05) is 24.3 Å². The summed E-state index contributed by atoms with van der Waals surface area (Å²) in [4.78, 5) is 27.4. The lowest BCUT2D eigenvalue weighted by molar-refractivity contribution is -0.118. The normalized spacial score (nSPS) is 17.4. The molecule has 2 heterocycles. The number of aromatic nitrogens is 1. The van der Waals surface area contributed by atoms with Gasteiger partial charge in [0.05, 0.1) is 5.57 Å². The Hall–Kier alpha value is -2.34. The Labute approximate surface area is 166 Å². The highest BCUT2D eigenvalue weighted by atomic mass is 79.9. The first-order chi connectivity index (χ1) is 13.0. The molecule has 1 aromatic carbocycles. The van der Waals surface area contributed by atoms with Crippen LogP contribution in [0.1, 0.15) is 53.8 Å². The van der Waals surface area contributed by atoms with Crippen LogP contribution in [-0.4, -0.2) is 16.8 Å². The minimum absolute atomic E-state index is 0.103. The highest BCUT2D eigenvalue weighted by molar-refractivity contribution is 9.10. The third kappa shape index (κ3) is 3.58. The Morgan fingerprint density at radius 1 is 1.22 bits per heavy atom. The molecule has 5 nitrogen and oxygen atoms in total. The standard InChI is InChI=1S/C21H22BrN3O2/c22-12-6-8-18-15(10-12)16(21(27)25-18)11-19-14(7-9-20(23)26)13-4-2-1-3-5-17(13)24-19/h6,8,10-11,24H,1-5,7,9H2,(H2,23,26)(H,25,27). The van der Waals surface area contributed by atoms with E-state index in [1.54, 1.807) is 0 Å². The molecule has 0 unspecified atom stereocenters. The average molecular weight is 428 g/mol. The molecule has 2 aliphatic rings. The van der Waals surface area contributed by atoms with E-state index in [4.69, 9.17) is 5.73 Å². The second kappa shape index (κ2) is 7.35. The zero-order valence-corrected chi connectivity index (χ0v) is 16.6. The number of amides is 2. The van der Waals surface area contributed by atoms with Gasteiger partial charge in [0.1, 0.15) is 0 Å². The third-order valence-electron chi connectivity index (χ3n) is 5.37. The Morgan fingerprint density at radius 2 is 2.04 bits per heavy atom. The van der Waals surface area contributed by atoms with Gasteiger partial charge in [0.2, 0.25) is 5.91 Å². The summed E-state index contributed by atoms with van der Waals surface area (Å²) >= 11 is 3.48. The van der Waals surface area contributed by atoms with E-state index >= 15 is 0 Å². The van der Waals surface area contributed by atoms with Gasteiger partial charge in [-0.1, -0.05) is 22.4 Å². The number of primary amides is 1. The van der Waals surface area contributed by atoms with Crippen molar-refractivity contribution in [1.82, 2.24) is 4.98 Å². The number of anilines is 1. The van der Waals surface area contributed by atoms with E-state index in [-0.39, 0.29) is 11.8 Å². The lowest BCUT2D eigenvalue weighted by Gasteiger charge is -2.05. The highest BCUT2D eigenvalue weighted by Crippen LogP contribution is 2.36. The van der Waals surface area contributed by atoms with Crippen LogP contribution in [-0.2, 0) is 28.9 Å². The van der Waals surface area contributed by atoms with Crippen LogP contribution in [0, 0.1) is 0 Å². The molecule has 4 N–H and O–H groups in total. The van der Waals surface area contributed by atoms with Gasteiger partial charge in [-0.2, -0.15) is 0 Å². The molecular weight excluding hydrogens is 406 g/mol. The van der Waals surface area contributed by atoms with Crippen LogP contribution < -0.4 is 11.1 Å². The summed E-state index contributed by atoms with van der Waals surface area (Å²) < 4.78 is 0.930. The molecule has 0 saturated carbocycles. The Bertz CT molecular complexity index is 959. The Morgan fingerprint density at radius 3 is 2.85 bits per heavy atom. The zero-order chi connectivity index (χ0) is 19.0. The first-order valence-electron chi connectivity index (χ1n) is 9.37. The summed E-state index contributed by atoms with van der Waals surface area (Å²) in [5.41, 5.74) is 12.4. The van der Waals surface area contributed by atoms with Crippen LogP contribution in [0.15, 0.2) is 22.7 Å². The average Bonchev–Trinajstić information content (AvgIpc) is 2.99. The van der Waals surface area contributed by atoms with Crippen molar-refractivity contribution in [3.63, 3.8) is 0 Å². The lowest BCUT2D eigenvalue weighted by Crippen LogP contribution is -2.12. The SMILES string of the molecule is NC(=O)CCc1c(C=C2C(=O)Nc3ccc(Br)cc32)[nH]c2c1CCCCC2. The summed E-state index contributed by atoms with van der Waals surface area (Å²) in [6.07, 6.45) is 8.40. The van der Waals surface area contributed by atoms with Gasteiger partial charge in [-0.25, -0.2) is 0 Å². The van der Waals surface area contributed by atoms with Crippen LogP contribution in [0.25, 0.3) is 11.6 Å². The van der Waals surface area contributed by atoms with Crippen LogP contribution in [0.4, 0.5) is 5.69 Å². The third-order valence-corrected chi connectivity index (χ3v) is 5.86. The van der Waals surface area contributed by atoms with Crippen molar-refractivity contribution < 1.29 is 9.59 Å². The number of aromatic amines is 1. The van der Waals surface area contributed by atoms with Crippen LogP contribution in [0.2, 0.25) is 0 Å². The molecule has 0 bridgehead atoms. The molecule has 1 aromatic heterocycles. The number of aryl methyl sites for hydroxylation is 1. The van der Waals surface area contributed by atoms with Crippen LogP contribution in [0.3, 0.4) is 0 Å². The van der Waals surface area contributed by atoms with Crippen LogP contribution >= 0.6 is 15.9 Å². The quantitative estimate of drug-likeness (QED) is 0.509. The fraction of sp³-hybridized carbons (Fsp3) is 0.333. The maximum absolute atomic E-state index is 12.5. The monoisotopic (exact) mass is 427 g/mol.